The maximum atomic E-state index is 11.9. The first-order chi connectivity index (χ1) is 9.10. The molecule has 1 amide bonds. The highest BCUT2D eigenvalue weighted by atomic mass is 35.5. The Labute approximate surface area is 114 Å². The van der Waals surface area contributed by atoms with Gasteiger partial charge in [-0.05, 0) is 29.7 Å². The number of nitrogens with zero attached hydrogens (tertiary/aromatic N) is 4. The molecule has 7 heteroatoms. The average Bonchev–Trinajstić information content (AvgIpc) is 2.81. The van der Waals surface area contributed by atoms with E-state index in [0.29, 0.717) is 10.7 Å². The van der Waals surface area contributed by atoms with Crippen molar-refractivity contribution in [3.8, 4) is 0 Å². The number of carbonyl (C=O) groups is 1. The third-order valence-electron chi connectivity index (χ3n) is 2.48. The SMILES string of the molecule is [C-]#[N+]c1nncn1CC(=O)Nc1cc(Cl)ccc1C. The molecule has 0 aliphatic heterocycles. The summed E-state index contributed by atoms with van der Waals surface area (Å²) in [5.41, 5.74) is 1.56. The molecule has 0 atom stereocenters. The Hall–Kier alpha value is -2.39. The van der Waals surface area contributed by atoms with E-state index in [1.807, 2.05) is 13.0 Å². The molecule has 6 nitrogen and oxygen atoms in total. The Kier molecular flexibility index (Phi) is 3.78. The van der Waals surface area contributed by atoms with Gasteiger partial charge in [0.25, 0.3) is 5.91 Å². The second-order valence-corrected chi connectivity index (χ2v) is 4.31. The van der Waals surface area contributed by atoms with Crippen LogP contribution in [0.15, 0.2) is 24.5 Å². The van der Waals surface area contributed by atoms with Crippen LogP contribution in [-0.4, -0.2) is 20.7 Å². The smallest absolute Gasteiger partial charge is 0.362 e. The number of hydrogen-bond donors (Lipinski definition) is 1. The second-order valence-electron chi connectivity index (χ2n) is 3.88. The normalized spacial score (nSPS) is 9.95. The van der Waals surface area contributed by atoms with E-state index in [1.165, 1.54) is 10.9 Å². The molecule has 1 heterocycles. The number of nitrogens with one attached hydrogen (secondary N) is 1. The number of aromatic nitrogens is 3. The van der Waals surface area contributed by atoms with Gasteiger partial charge >= 0.3 is 5.95 Å². The van der Waals surface area contributed by atoms with Gasteiger partial charge < -0.3 is 10.2 Å². The van der Waals surface area contributed by atoms with Crippen LogP contribution in [-0.2, 0) is 11.3 Å². The summed E-state index contributed by atoms with van der Waals surface area (Å²) in [4.78, 5) is 15.0. The largest absolute Gasteiger partial charge is 0.395 e. The van der Waals surface area contributed by atoms with E-state index in [1.54, 1.807) is 12.1 Å². The first-order valence-corrected chi connectivity index (χ1v) is 5.79. The molecular weight excluding hydrogens is 266 g/mol. The van der Waals surface area contributed by atoms with Crippen molar-refractivity contribution in [1.82, 2.24) is 14.8 Å². The molecule has 1 N–H and O–H groups in total. The van der Waals surface area contributed by atoms with Crippen molar-refractivity contribution in [3.05, 3.63) is 46.5 Å². The summed E-state index contributed by atoms with van der Waals surface area (Å²) < 4.78 is 1.38. The summed E-state index contributed by atoms with van der Waals surface area (Å²) in [5.74, 6) is -0.187. The van der Waals surface area contributed by atoms with Crippen LogP contribution in [0, 0.1) is 13.5 Å². The van der Waals surface area contributed by atoms with E-state index in [2.05, 4.69) is 20.4 Å². The molecule has 0 saturated heterocycles. The Morgan fingerprint density at radius 1 is 1.58 bits per heavy atom. The first-order valence-electron chi connectivity index (χ1n) is 5.41. The first kappa shape index (κ1) is 13.1. The van der Waals surface area contributed by atoms with Gasteiger partial charge in [-0.2, -0.15) is 0 Å². The number of halogens is 1. The van der Waals surface area contributed by atoms with Crippen molar-refractivity contribution in [2.24, 2.45) is 0 Å². The van der Waals surface area contributed by atoms with Crippen LogP contribution >= 0.6 is 11.6 Å². The van der Waals surface area contributed by atoms with E-state index in [0.717, 1.165) is 5.56 Å². The summed E-state index contributed by atoms with van der Waals surface area (Å²) in [7, 11) is 0. The highest BCUT2D eigenvalue weighted by molar-refractivity contribution is 6.31. The molecule has 2 rings (SSSR count). The Balaban J connectivity index is 2.10. The lowest BCUT2D eigenvalue weighted by molar-refractivity contribution is -0.116. The molecule has 0 bridgehead atoms. The second kappa shape index (κ2) is 5.50. The molecule has 2 aromatic rings. The van der Waals surface area contributed by atoms with E-state index in [4.69, 9.17) is 18.2 Å². The zero-order valence-corrected chi connectivity index (χ0v) is 10.8. The van der Waals surface area contributed by atoms with Crippen molar-refractivity contribution in [2.45, 2.75) is 13.5 Å². The summed E-state index contributed by atoms with van der Waals surface area (Å²) in [6, 6.07) is 5.25. The number of hydrogen-bond acceptors (Lipinski definition) is 3. The fraction of sp³-hybridized carbons (Fsp3) is 0.167. The number of anilines is 1. The van der Waals surface area contributed by atoms with Gasteiger partial charge in [-0.1, -0.05) is 22.8 Å². The number of amides is 1. The van der Waals surface area contributed by atoms with Crippen LogP contribution in [0.3, 0.4) is 0 Å². The van der Waals surface area contributed by atoms with Gasteiger partial charge in [0.2, 0.25) is 0 Å². The summed E-state index contributed by atoms with van der Waals surface area (Å²) in [5, 5.41) is 10.5. The standard InChI is InChI=1S/C12H10ClN5O/c1-8-3-4-9(13)5-10(8)16-11(19)6-18-7-15-17-12(18)14-2/h3-5,7H,6H2,1H3,(H,16,19). The van der Waals surface area contributed by atoms with Crippen LogP contribution in [0.1, 0.15) is 5.56 Å². The van der Waals surface area contributed by atoms with Crippen molar-refractivity contribution in [3.63, 3.8) is 0 Å². The molecule has 19 heavy (non-hydrogen) atoms. The van der Waals surface area contributed by atoms with Crippen LogP contribution in [0.25, 0.3) is 4.85 Å². The monoisotopic (exact) mass is 275 g/mol. The van der Waals surface area contributed by atoms with Crippen LogP contribution < -0.4 is 5.32 Å². The molecule has 96 valence electrons. The number of rotatable bonds is 3. The van der Waals surface area contributed by atoms with Gasteiger partial charge in [0.1, 0.15) is 6.54 Å². The van der Waals surface area contributed by atoms with Gasteiger partial charge in [0, 0.05) is 10.7 Å². The Morgan fingerprint density at radius 3 is 3.11 bits per heavy atom. The average molecular weight is 276 g/mol. The van der Waals surface area contributed by atoms with E-state index in [-0.39, 0.29) is 18.4 Å². The maximum absolute atomic E-state index is 11.9. The van der Waals surface area contributed by atoms with Gasteiger partial charge in [-0.3, -0.25) is 9.36 Å². The van der Waals surface area contributed by atoms with Gasteiger partial charge in [-0.15, -0.1) is 6.57 Å². The predicted molar refractivity (Wildman–Crippen MR) is 71.1 cm³/mol. The van der Waals surface area contributed by atoms with Crippen molar-refractivity contribution < 1.29 is 4.79 Å². The molecule has 0 aliphatic carbocycles. The third kappa shape index (κ3) is 3.09. The van der Waals surface area contributed by atoms with Gasteiger partial charge in [0.05, 0.1) is 0 Å². The van der Waals surface area contributed by atoms with Gasteiger partial charge in [-0.25, -0.2) is 0 Å². The minimum Gasteiger partial charge on any atom is -0.395 e. The highest BCUT2D eigenvalue weighted by Crippen LogP contribution is 2.20. The van der Waals surface area contributed by atoms with Gasteiger partial charge in [0.15, 0.2) is 6.33 Å². The summed E-state index contributed by atoms with van der Waals surface area (Å²) in [6.07, 6.45) is 1.35. The van der Waals surface area contributed by atoms with Crippen molar-refractivity contribution >= 4 is 29.1 Å². The highest BCUT2D eigenvalue weighted by Gasteiger charge is 2.11. The lowest BCUT2D eigenvalue weighted by Crippen LogP contribution is -2.18. The van der Waals surface area contributed by atoms with E-state index >= 15 is 0 Å². The lowest BCUT2D eigenvalue weighted by atomic mass is 10.2. The third-order valence-corrected chi connectivity index (χ3v) is 2.72. The zero-order chi connectivity index (χ0) is 13.8. The molecular formula is C12H10ClN5O. The minimum absolute atomic E-state index is 0.0172. The van der Waals surface area contributed by atoms with Crippen LogP contribution in [0.4, 0.5) is 11.6 Å². The fourth-order valence-corrected chi connectivity index (χ4v) is 1.69. The number of aryl methyl sites for hydroxylation is 1. The quantitative estimate of drug-likeness (QED) is 0.875. The number of carbonyl (C=O) groups excluding carboxylic acids is 1. The lowest BCUT2D eigenvalue weighted by Gasteiger charge is -2.08. The van der Waals surface area contributed by atoms with Crippen molar-refractivity contribution in [1.29, 1.82) is 0 Å². The fourth-order valence-electron chi connectivity index (χ4n) is 1.52. The maximum Gasteiger partial charge on any atom is 0.362 e. The Bertz CT molecular complexity index is 658. The predicted octanol–water partition coefficient (Wildman–Crippen LogP) is 2.43. The number of benzene rings is 1. The molecule has 0 aliphatic rings. The molecule has 0 spiro atoms. The molecule has 0 unspecified atom stereocenters. The molecule has 0 saturated carbocycles. The Morgan fingerprint density at radius 2 is 2.37 bits per heavy atom. The zero-order valence-electron chi connectivity index (χ0n) is 10.1. The summed E-state index contributed by atoms with van der Waals surface area (Å²) >= 11 is 5.87. The van der Waals surface area contributed by atoms with Crippen LogP contribution in [0.5, 0.6) is 0 Å². The van der Waals surface area contributed by atoms with E-state index < -0.39 is 0 Å². The van der Waals surface area contributed by atoms with Crippen molar-refractivity contribution in [2.75, 3.05) is 5.32 Å². The summed E-state index contributed by atoms with van der Waals surface area (Å²) in [6.45, 7) is 8.73. The molecule has 1 aromatic heterocycles. The molecule has 1 aromatic carbocycles. The minimum atomic E-state index is -0.268. The van der Waals surface area contributed by atoms with E-state index in [9.17, 15) is 4.79 Å². The molecule has 0 radical (unpaired) electrons. The molecule has 0 fully saturated rings. The van der Waals surface area contributed by atoms with Crippen LogP contribution in [0.2, 0.25) is 5.02 Å². The topological polar surface area (TPSA) is 64.2 Å².